The molecule has 0 aromatic carbocycles. The number of hydrogen-bond donors (Lipinski definition) is 1. The van der Waals surface area contributed by atoms with E-state index in [0.29, 0.717) is 12.5 Å². The lowest BCUT2D eigenvalue weighted by molar-refractivity contribution is 0.282. The van der Waals surface area contributed by atoms with E-state index in [0.717, 1.165) is 25.7 Å². The molecule has 0 spiro atoms. The summed E-state index contributed by atoms with van der Waals surface area (Å²) in [6, 6.07) is 0. The van der Waals surface area contributed by atoms with Crippen molar-refractivity contribution in [1.82, 2.24) is 0 Å². The molecular weight excluding hydrogens is 124 g/mol. The van der Waals surface area contributed by atoms with Crippen LogP contribution in [-0.2, 0) is 0 Å². The zero-order valence-corrected chi connectivity index (χ0v) is 6.55. The van der Waals surface area contributed by atoms with Crippen molar-refractivity contribution >= 4 is 0 Å². The second kappa shape index (κ2) is 6.81. The first-order valence-corrected chi connectivity index (χ1v) is 3.87. The van der Waals surface area contributed by atoms with Crippen molar-refractivity contribution in [3.8, 4) is 0 Å². The molecule has 1 unspecified atom stereocenters. The Balaban J connectivity index is 2.95. The van der Waals surface area contributed by atoms with Gasteiger partial charge in [0.15, 0.2) is 0 Å². The third-order valence-electron chi connectivity index (χ3n) is 1.57. The Morgan fingerprint density at radius 2 is 2.00 bits per heavy atom. The summed E-state index contributed by atoms with van der Waals surface area (Å²) in [7, 11) is 0. The van der Waals surface area contributed by atoms with Gasteiger partial charge in [-0.05, 0) is 25.7 Å². The van der Waals surface area contributed by atoms with Crippen LogP contribution in [0.5, 0.6) is 0 Å². The fourth-order valence-electron chi connectivity index (χ4n) is 0.813. The van der Waals surface area contributed by atoms with E-state index in [2.05, 4.69) is 13.5 Å². The molecule has 1 N–H and O–H groups in total. The van der Waals surface area contributed by atoms with Crippen LogP contribution in [0.1, 0.15) is 25.7 Å². The van der Waals surface area contributed by atoms with Crippen LogP contribution >= 0.6 is 0 Å². The lowest BCUT2D eigenvalue weighted by Gasteiger charge is -2.03. The van der Waals surface area contributed by atoms with Gasteiger partial charge in [0, 0.05) is 6.61 Å². The van der Waals surface area contributed by atoms with Crippen LogP contribution in [0.4, 0.5) is 0 Å². The quantitative estimate of drug-likeness (QED) is 0.444. The van der Waals surface area contributed by atoms with Gasteiger partial charge in [-0.25, -0.2) is 0 Å². The monoisotopic (exact) mass is 141 g/mol. The summed E-state index contributed by atoms with van der Waals surface area (Å²) in [5.74, 6) is 0.388. The van der Waals surface area contributed by atoms with Crippen LogP contribution in [-0.4, -0.2) is 11.7 Å². The predicted molar refractivity (Wildman–Crippen MR) is 44.6 cm³/mol. The Kier molecular flexibility index (Phi) is 6.61. The molecule has 0 heterocycles. The molecule has 0 amide bonds. The average Bonchev–Trinajstić information content (AvgIpc) is 1.98. The Morgan fingerprint density at radius 1 is 1.30 bits per heavy atom. The maximum absolute atomic E-state index is 8.45. The van der Waals surface area contributed by atoms with Crippen LogP contribution in [0.25, 0.3) is 0 Å². The third kappa shape index (κ3) is 5.83. The minimum atomic E-state index is 0.315. The summed E-state index contributed by atoms with van der Waals surface area (Å²) >= 11 is 0. The summed E-state index contributed by atoms with van der Waals surface area (Å²) in [5.41, 5.74) is 0. The highest BCUT2D eigenvalue weighted by Crippen LogP contribution is 2.08. The maximum atomic E-state index is 8.45. The normalized spacial score (nSPS) is 13.0. The molecule has 59 valence electrons. The van der Waals surface area contributed by atoms with Crippen LogP contribution in [0.3, 0.4) is 0 Å². The number of aliphatic hydroxyl groups is 1. The van der Waals surface area contributed by atoms with Crippen molar-refractivity contribution in [3.05, 3.63) is 19.6 Å². The first-order valence-electron chi connectivity index (χ1n) is 3.87. The Morgan fingerprint density at radius 3 is 2.50 bits per heavy atom. The third-order valence-corrected chi connectivity index (χ3v) is 1.57. The Bertz CT molecular complexity index is 78.8. The van der Waals surface area contributed by atoms with Crippen molar-refractivity contribution in [2.24, 2.45) is 5.92 Å². The first kappa shape index (κ1) is 9.70. The second-order valence-electron chi connectivity index (χ2n) is 2.57. The SMILES string of the molecule is [CH2]C(C=C)CCCCCO. The topological polar surface area (TPSA) is 20.2 Å². The van der Waals surface area contributed by atoms with Gasteiger partial charge >= 0.3 is 0 Å². The zero-order valence-electron chi connectivity index (χ0n) is 6.55. The highest BCUT2D eigenvalue weighted by molar-refractivity contribution is 4.80. The van der Waals surface area contributed by atoms with Gasteiger partial charge in [0.2, 0.25) is 0 Å². The second-order valence-corrected chi connectivity index (χ2v) is 2.57. The Hall–Kier alpha value is -0.300. The molecule has 0 aliphatic rings. The zero-order chi connectivity index (χ0) is 7.82. The van der Waals surface area contributed by atoms with Crippen molar-refractivity contribution < 1.29 is 5.11 Å². The number of rotatable bonds is 6. The summed E-state index contributed by atoms with van der Waals surface area (Å²) in [4.78, 5) is 0. The van der Waals surface area contributed by atoms with E-state index in [1.54, 1.807) is 0 Å². The predicted octanol–water partition coefficient (Wildman–Crippen LogP) is 2.18. The van der Waals surface area contributed by atoms with Crippen molar-refractivity contribution in [3.63, 3.8) is 0 Å². The summed E-state index contributed by atoms with van der Waals surface area (Å²) < 4.78 is 0. The Labute approximate surface area is 63.8 Å². The van der Waals surface area contributed by atoms with Gasteiger partial charge < -0.3 is 5.11 Å². The number of allylic oxidation sites excluding steroid dienone is 1. The molecule has 0 aromatic heterocycles. The molecule has 0 aliphatic carbocycles. The minimum absolute atomic E-state index is 0.315. The lowest BCUT2D eigenvalue weighted by Crippen LogP contribution is -1.90. The molecule has 1 heteroatoms. The van der Waals surface area contributed by atoms with Gasteiger partial charge in [0.1, 0.15) is 0 Å². The smallest absolute Gasteiger partial charge is 0.0431 e. The highest BCUT2D eigenvalue weighted by atomic mass is 16.2. The molecule has 0 fully saturated rings. The van der Waals surface area contributed by atoms with Gasteiger partial charge in [-0.2, -0.15) is 0 Å². The molecule has 1 atom stereocenters. The van der Waals surface area contributed by atoms with Crippen LogP contribution < -0.4 is 0 Å². The van der Waals surface area contributed by atoms with Gasteiger partial charge in [0.05, 0.1) is 0 Å². The first-order chi connectivity index (χ1) is 4.81. The highest BCUT2D eigenvalue weighted by Gasteiger charge is 1.94. The number of aliphatic hydroxyl groups excluding tert-OH is 1. The molecule has 1 nitrogen and oxygen atoms in total. The molecule has 1 radical (unpaired) electrons. The average molecular weight is 141 g/mol. The fraction of sp³-hybridized carbons (Fsp3) is 0.667. The van der Waals surface area contributed by atoms with Gasteiger partial charge in [-0.3, -0.25) is 0 Å². The van der Waals surface area contributed by atoms with E-state index >= 15 is 0 Å². The van der Waals surface area contributed by atoms with Crippen molar-refractivity contribution in [2.45, 2.75) is 25.7 Å². The van der Waals surface area contributed by atoms with Crippen LogP contribution in [0.15, 0.2) is 12.7 Å². The standard InChI is InChI=1S/C9H17O/c1-3-9(2)7-5-4-6-8-10/h3,9-10H,1-2,4-8H2. The van der Waals surface area contributed by atoms with Crippen molar-refractivity contribution in [2.75, 3.05) is 6.61 Å². The molecule has 0 aromatic rings. The molecule has 0 aliphatic heterocycles. The molecule has 0 saturated heterocycles. The molecular formula is C9H17O. The van der Waals surface area contributed by atoms with Crippen LogP contribution in [0.2, 0.25) is 0 Å². The van der Waals surface area contributed by atoms with E-state index in [1.165, 1.54) is 0 Å². The number of hydrogen-bond acceptors (Lipinski definition) is 1. The largest absolute Gasteiger partial charge is 0.396 e. The molecule has 0 saturated carbocycles. The summed E-state index contributed by atoms with van der Waals surface area (Å²) in [6.45, 7) is 7.84. The van der Waals surface area contributed by atoms with Crippen molar-refractivity contribution in [1.29, 1.82) is 0 Å². The minimum Gasteiger partial charge on any atom is -0.396 e. The molecule has 0 bridgehead atoms. The summed E-state index contributed by atoms with van der Waals surface area (Å²) in [6.07, 6.45) is 6.16. The van der Waals surface area contributed by atoms with Gasteiger partial charge in [-0.1, -0.05) is 18.9 Å². The summed E-state index contributed by atoms with van der Waals surface area (Å²) in [5, 5.41) is 8.45. The van der Waals surface area contributed by atoms with E-state index in [4.69, 9.17) is 5.11 Å². The van der Waals surface area contributed by atoms with E-state index in [1.807, 2.05) is 6.08 Å². The van der Waals surface area contributed by atoms with Crippen LogP contribution in [0, 0.1) is 12.8 Å². The lowest BCUT2D eigenvalue weighted by atomic mass is 10.0. The fourth-order valence-corrected chi connectivity index (χ4v) is 0.813. The van der Waals surface area contributed by atoms with Gasteiger partial charge in [0.25, 0.3) is 0 Å². The van der Waals surface area contributed by atoms with E-state index in [-0.39, 0.29) is 0 Å². The van der Waals surface area contributed by atoms with E-state index in [9.17, 15) is 0 Å². The maximum Gasteiger partial charge on any atom is 0.0431 e. The molecule has 10 heavy (non-hydrogen) atoms. The van der Waals surface area contributed by atoms with E-state index < -0.39 is 0 Å². The number of unbranched alkanes of at least 4 members (excludes halogenated alkanes) is 2. The molecule has 0 rings (SSSR count). The van der Waals surface area contributed by atoms with Gasteiger partial charge in [-0.15, -0.1) is 6.58 Å².